The van der Waals surface area contributed by atoms with E-state index in [1.54, 1.807) is 50.6 Å². The number of hydrogen-bond donors (Lipinski definition) is 5. The van der Waals surface area contributed by atoms with Crippen LogP contribution in [-0.2, 0) is 45.1 Å². The van der Waals surface area contributed by atoms with Crippen LogP contribution in [0.15, 0.2) is 123 Å². The molecule has 0 spiro atoms. The summed E-state index contributed by atoms with van der Waals surface area (Å²) in [5.41, 5.74) is -6.25. The van der Waals surface area contributed by atoms with Gasteiger partial charge in [0.1, 0.15) is 23.3 Å². The molecule has 0 aliphatic carbocycles. The number of carboxylic acids is 1. The summed E-state index contributed by atoms with van der Waals surface area (Å²) in [4.78, 5) is 90.7. The van der Waals surface area contributed by atoms with E-state index in [-0.39, 0.29) is 47.8 Å². The van der Waals surface area contributed by atoms with Gasteiger partial charge in [-0.15, -0.1) is 0 Å². The van der Waals surface area contributed by atoms with Gasteiger partial charge in [0.25, 0.3) is 5.56 Å². The molecule has 1 unspecified atom stereocenters. The van der Waals surface area contributed by atoms with Crippen LogP contribution in [0, 0.1) is 18.0 Å². The van der Waals surface area contributed by atoms with E-state index < -0.39 is 122 Å². The molecule has 8 rings (SSSR count). The Kier molecular flexibility index (Phi) is 50.4. The Labute approximate surface area is 775 Å². The number of rotatable bonds is 72. The van der Waals surface area contributed by atoms with E-state index in [0.717, 1.165) is 87.8 Å². The van der Waals surface area contributed by atoms with Crippen LogP contribution < -0.4 is 46.2 Å². The summed E-state index contributed by atoms with van der Waals surface area (Å²) in [7, 11) is 2.41. The Hall–Kier alpha value is -8.01. The fraction of sp³-hybridized carbons (Fsp3) is 0.670. The monoisotopic (exact) mass is 1820 g/mol. The van der Waals surface area contributed by atoms with Crippen molar-refractivity contribution in [3.8, 4) is 34.4 Å². The Morgan fingerprint density at radius 2 is 0.892 bits per heavy atom. The van der Waals surface area contributed by atoms with Crippen LogP contribution in [0.3, 0.4) is 0 Å². The molecule has 6 aromatic rings. The molecular formula is C106H159N4O19P. The van der Waals surface area contributed by atoms with Crippen LogP contribution in [0.5, 0.6) is 28.7 Å². The standard InChI is InChI=1S/C106H159N4O19P/c1-7-10-13-16-19-22-25-28-31-34-37-40-43-46-49-55-68-123-91-71-83(72-92(124-69-56-50-47-44-41-38-35-32-29-26-23-20-17-14-11-8-2)98(91)125-70-57-51-48-45-42-39-36-33-30-27-24-21-18-15-12-9-3)74-104(76-97(112)113,105(119)75-96(129-94(105)79-111)110-78-84(81-130-120)100(115)108-103(110)118)101(116)128-90-73-95(109-77-82(4)99(114)107-102(109)117)127-93(90)80-126-106(85-58-53-52-54-59-85,86-60-64-88(121-5)65-61-86)87-62-66-89(122-6)67-63-87/h52-54,58-67,71-72,77-78,90,93-96,111,119H,7-51,55-57,68-70,73-76,79-80H2,1-6H3,(H,112,113)(H,107,114,117)(H,108,115,118)/t90-,93+,94+,95+,96+,104?,105-/m0/s1. The summed E-state index contributed by atoms with van der Waals surface area (Å²) in [5.74, 6) is -0.927. The van der Waals surface area contributed by atoms with Crippen molar-refractivity contribution in [1.29, 1.82) is 0 Å². The number of methoxy groups -OCH3 is 2. The van der Waals surface area contributed by atoms with Gasteiger partial charge in [-0.2, -0.15) is 0 Å². The summed E-state index contributed by atoms with van der Waals surface area (Å²) in [6.45, 7) is 7.65. The summed E-state index contributed by atoms with van der Waals surface area (Å²) >= 11 is 0. The molecule has 0 radical (unpaired) electrons. The number of nitrogens with one attached hydrogen (secondary N) is 2. The van der Waals surface area contributed by atoms with E-state index in [9.17, 15) is 43.9 Å². The number of unbranched alkanes of at least 4 members (excludes halogenated alkanes) is 45. The van der Waals surface area contributed by atoms with Gasteiger partial charge in [-0.05, 0) is 67.1 Å². The van der Waals surface area contributed by atoms with Crippen molar-refractivity contribution < 1.29 is 72.1 Å². The van der Waals surface area contributed by atoms with Crippen molar-refractivity contribution in [3.05, 3.63) is 178 Å². The third-order valence-corrected chi connectivity index (χ3v) is 26.8. The molecule has 2 aromatic heterocycles. The van der Waals surface area contributed by atoms with Crippen LogP contribution >= 0.6 is 7.92 Å². The normalized spacial score (nSPS) is 17.2. The number of aromatic nitrogens is 4. The number of H-pyrrole nitrogens is 2. The molecule has 23 nitrogen and oxygen atoms in total. The first-order valence-corrected chi connectivity index (χ1v) is 51.1. The molecular weight excluding hydrogens is 1660 g/mol. The first-order chi connectivity index (χ1) is 63.4. The average Bonchev–Trinajstić information content (AvgIpc) is 1.53. The zero-order chi connectivity index (χ0) is 92.9. The van der Waals surface area contributed by atoms with Gasteiger partial charge in [-0.25, -0.2) is 4.79 Å². The van der Waals surface area contributed by atoms with E-state index in [2.05, 4.69) is 36.4 Å². The van der Waals surface area contributed by atoms with Gasteiger partial charge in [0, 0.05) is 11.8 Å². The van der Waals surface area contributed by atoms with E-state index >= 15 is 4.79 Å². The minimum absolute atomic E-state index is 0.155. The number of esters is 1. The number of benzene rings is 4. The molecule has 2 fully saturated rings. The predicted octanol–water partition coefficient (Wildman–Crippen LogP) is 23.9. The quantitative estimate of drug-likeness (QED) is 0.0103. The minimum Gasteiger partial charge on any atom is -0.490 e. The number of aromatic amines is 2. The predicted molar refractivity (Wildman–Crippen MR) is 515 cm³/mol. The van der Waals surface area contributed by atoms with Crippen molar-refractivity contribution >= 4 is 19.9 Å². The van der Waals surface area contributed by atoms with E-state index in [4.69, 9.17) is 42.6 Å². The number of nitrogens with zero attached hydrogens (tertiary/aromatic N) is 2. The number of carboxylic acid groups (broad SMARTS) is 1. The zero-order valence-corrected chi connectivity index (χ0v) is 80.6. The second-order valence-corrected chi connectivity index (χ2v) is 37.0. The summed E-state index contributed by atoms with van der Waals surface area (Å²) < 4.78 is 74.1. The molecule has 7 atom stereocenters. The van der Waals surface area contributed by atoms with Crippen LogP contribution in [0.2, 0.25) is 0 Å². The van der Waals surface area contributed by atoms with E-state index in [1.165, 1.54) is 236 Å². The van der Waals surface area contributed by atoms with Crippen molar-refractivity contribution in [1.82, 2.24) is 19.1 Å². The van der Waals surface area contributed by atoms with Crippen molar-refractivity contribution in [2.45, 2.75) is 404 Å². The third kappa shape index (κ3) is 34.5. The van der Waals surface area contributed by atoms with E-state index in [0.29, 0.717) is 53.4 Å². The zero-order valence-electron chi connectivity index (χ0n) is 79.7. The summed E-state index contributed by atoms with van der Waals surface area (Å²) in [6, 6.07) is 27.5. The van der Waals surface area contributed by atoms with Crippen LogP contribution in [0.1, 0.15) is 394 Å². The van der Waals surface area contributed by atoms with E-state index in [1.807, 2.05) is 54.6 Å². The van der Waals surface area contributed by atoms with Gasteiger partial charge in [-0.3, -0.25) is 14.3 Å². The molecule has 0 saturated carbocycles. The number of carbonyl (C=O) groups is 2. The van der Waals surface area contributed by atoms with Gasteiger partial charge < -0.3 is 33.2 Å². The fourth-order valence-corrected chi connectivity index (χ4v) is 19.0. The Bertz CT molecular complexity index is 4440. The van der Waals surface area contributed by atoms with Gasteiger partial charge >= 0.3 is 209 Å². The number of aliphatic hydroxyl groups is 2. The number of aryl methyl sites for hydroxylation is 1. The molecule has 4 aromatic carbocycles. The SMILES string of the molecule is CCCCCCCCCCCCCCCCCCOc1cc(CC(CC(=O)O)(C(=O)O[C@H]2C[C@H](n3cc(C)c(=O)[nH]c3=O)O[C@@H]2COC(c2ccccc2)(c2ccc(OC)cc2)c2ccc(OC)cc2)[C@]2(O)C[C@H](n3cc(C#P=O)c(=O)[nH]c3=O)O[C@@H]2CO)cc(OCCCCCCCCCCCCCCCCCC)c1OCCCCCCCCCCCCCCCCCC. The second kappa shape index (κ2) is 61.0. The van der Waals surface area contributed by atoms with Gasteiger partial charge in [-0.1, -0.05) is 364 Å². The van der Waals surface area contributed by atoms with Gasteiger partial charge in [0.05, 0.1) is 40.6 Å². The van der Waals surface area contributed by atoms with Crippen molar-refractivity contribution in [2.24, 2.45) is 5.41 Å². The minimum atomic E-state index is -2.84. The maximum absolute atomic E-state index is 17.1. The molecule has 4 heterocycles. The fourth-order valence-electron chi connectivity index (χ4n) is 18.8. The first-order valence-electron chi connectivity index (χ1n) is 50.3. The molecule has 2 saturated heterocycles. The molecule has 0 amide bonds. The smallest absolute Gasteiger partial charge is 0.490 e. The van der Waals surface area contributed by atoms with Gasteiger partial charge in [0.2, 0.25) is 5.75 Å². The second-order valence-electron chi connectivity index (χ2n) is 36.6. The summed E-state index contributed by atoms with van der Waals surface area (Å²) in [6.07, 6.45) is 49.0. The number of hydrogen-bond acceptors (Lipinski definition) is 18. The van der Waals surface area contributed by atoms with Crippen molar-refractivity contribution in [2.75, 3.05) is 47.3 Å². The molecule has 5 N–H and O–H groups in total. The Balaban J connectivity index is 1.18. The maximum atomic E-state index is 17.1. The van der Waals surface area contributed by atoms with Crippen LogP contribution in [-0.4, -0.2) is 118 Å². The summed E-state index contributed by atoms with van der Waals surface area (Å²) in [5, 5.41) is 37.8. The average molecular weight is 1820 g/mol. The first kappa shape index (κ1) is 107. The Morgan fingerprint density at radius 3 is 1.28 bits per heavy atom. The third-order valence-electron chi connectivity index (χ3n) is 26.5. The Morgan fingerprint density at radius 1 is 0.508 bits per heavy atom. The molecule has 0 bridgehead atoms. The number of aliphatic carboxylic acids is 1. The molecule has 130 heavy (non-hydrogen) atoms. The molecule has 722 valence electrons. The molecule has 2 aliphatic heterocycles. The van der Waals surface area contributed by atoms with Crippen LogP contribution in [0.25, 0.3) is 0 Å². The van der Waals surface area contributed by atoms with Crippen LogP contribution in [0.4, 0.5) is 0 Å². The number of carbonyl (C=O) groups excluding carboxylic acids is 1. The molecule has 2 aliphatic rings. The van der Waals surface area contributed by atoms with Crippen molar-refractivity contribution in [3.63, 3.8) is 0 Å². The molecule has 24 heteroatoms. The van der Waals surface area contributed by atoms with Gasteiger partial charge in [0.15, 0.2) is 0 Å². The number of aliphatic hydroxyl groups excluding tert-OH is 1. The topological polar surface area (TPSA) is 305 Å². The number of ether oxygens (including phenoxy) is 9.